The van der Waals surface area contributed by atoms with Crippen LogP contribution in [0.3, 0.4) is 0 Å². The van der Waals surface area contributed by atoms with Crippen molar-refractivity contribution in [2.45, 2.75) is 19.1 Å². The fourth-order valence-electron chi connectivity index (χ4n) is 1.54. The molecule has 0 unspecified atom stereocenters. The van der Waals surface area contributed by atoms with Gasteiger partial charge in [-0.15, -0.1) is 0 Å². The minimum absolute atomic E-state index is 0.248. The third kappa shape index (κ3) is 1.64. The van der Waals surface area contributed by atoms with Gasteiger partial charge in [0.2, 0.25) is 0 Å². The fourth-order valence-corrected chi connectivity index (χ4v) is 1.54. The van der Waals surface area contributed by atoms with Gasteiger partial charge in [0, 0.05) is 13.1 Å². The molecule has 2 rings (SSSR count). The second-order valence-corrected chi connectivity index (χ2v) is 3.29. The second kappa shape index (κ2) is 3.62. The van der Waals surface area contributed by atoms with E-state index in [1.165, 1.54) is 12.5 Å². The molecule has 0 amide bonds. The van der Waals surface area contributed by atoms with E-state index in [0.717, 1.165) is 5.56 Å². The smallest absolute Gasteiger partial charge is 0.275 e. The molecule has 0 bridgehead atoms. The van der Waals surface area contributed by atoms with E-state index in [-0.39, 0.29) is 6.42 Å². The summed E-state index contributed by atoms with van der Waals surface area (Å²) >= 11 is 0. The van der Waals surface area contributed by atoms with Crippen LogP contribution < -0.4 is 0 Å². The minimum Gasteiger partial charge on any atom is -0.453 e. The van der Waals surface area contributed by atoms with Crippen LogP contribution >= 0.6 is 0 Å². The summed E-state index contributed by atoms with van der Waals surface area (Å²) < 4.78 is 10.7. The van der Waals surface area contributed by atoms with Gasteiger partial charge in [-0.1, -0.05) is 0 Å². The van der Waals surface area contributed by atoms with Crippen LogP contribution in [0.5, 0.6) is 0 Å². The highest BCUT2D eigenvalue weighted by atomic mass is 16.7. The first-order valence-corrected chi connectivity index (χ1v) is 4.58. The normalized spacial score (nSPS) is 16.5. The number of pyridine rings is 1. The predicted octanol–water partition coefficient (Wildman–Crippen LogP) is 1.84. The molecule has 0 fully saturated rings. The number of rotatable bonds is 2. The van der Waals surface area contributed by atoms with Crippen LogP contribution in [0.25, 0.3) is 0 Å². The van der Waals surface area contributed by atoms with Gasteiger partial charge in [-0.3, -0.25) is 4.98 Å². The molecule has 0 saturated carbocycles. The van der Waals surface area contributed by atoms with Gasteiger partial charge in [-0.2, -0.15) is 5.26 Å². The number of nitrogens with zero attached hydrogens (tertiary/aromatic N) is 2. The first kappa shape index (κ1) is 9.53. The van der Waals surface area contributed by atoms with E-state index in [4.69, 9.17) is 14.7 Å². The van der Waals surface area contributed by atoms with Crippen molar-refractivity contribution in [2.24, 2.45) is 0 Å². The van der Waals surface area contributed by atoms with Gasteiger partial charge in [0.1, 0.15) is 12.5 Å². The lowest BCUT2D eigenvalue weighted by Gasteiger charge is -2.24. The highest BCUT2D eigenvalue weighted by Gasteiger charge is 2.34. The molecule has 1 aromatic rings. The third-order valence-corrected chi connectivity index (χ3v) is 2.27. The van der Waals surface area contributed by atoms with Crippen LogP contribution in [0.15, 0.2) is 30.9 Å². The third-order valence-electron chi connectivity index (χ3n) is 2.27. The molecule has 15 heavy (non-hydrogen) atoms. The first-order chi connectivity index (χ1) is 7.26. The Hall–Kier alpha value is -2.02. The lowest BCUT2D eigenvalue weighted by atomic mass is 10.0. The molecular weight excluding hydrogens is 192 g/mol. The fraction of sp³-hybridized carbons (Fsp3) is 0.273. The number of nitriles is 1. The number of ether oxygens (including phenoxy) is 2. The van der Waals surface area contributed by atoms with Crippen molar-refractivity contribution < 1.29 is 9.47 Å². The van der Waals surface area contributed by atoms with Gasteiger partial charge >= 0.3 is 0 Å². The summed E-state index contributed by atoms with van der Waals surface area (Å²) in [7, 11) is 0. The zero-order chi connectivity index (χ0) is 10.7. The van der Waals surface area contributed by atoms with Crippen LogP contribution in [0.1, 0.15) is 18.2 Å². The summed E-state index contributed by atoms with van der Waals surface area (Å²) in [5, 5.41) is 8.68. The molecule has 0 radical (unpaired) electrons. The van der Waals surface area contributed by atoms with Gasteiger partial charge in [0.05, 0.1) is 23.7 Å². The van der Waals surface area contributed by atoms with Crippen molar-refractivity contribution >= 4 is 0 Å². The number of aromatic nitrogens is 1. The largest absolute Gasteiger partial charge is 0.453 e. The molecule has 4 nitrogen and oxygen atoms in total. The maximum Gasteiger partial charge on any atom is 0.275 e. The molecule has 0 atom stereocenters. The average Bonchev–Trinajstić information content (AvgIpc) is 2.68. The highest BCUT2D eigenvalue weighted by Crippen LogP contribution is 2.32. The van der Waals surface area contributed by atoms with Crippen molar-refractivity contribution in [3.8, 4) is 6.07 Å². The molecule has 1 aliphatic heterocycles. The summed E-state index contributed by atoms with van der Waals surface area (Å²) in [5.41, 5.74) is 1.47. The van der Waals surface area contributed by atoms with Crippen LogP contribution in [-0.2, 0) is 21.7 Å². The Bertz CT molecular complexity index is 426. The van der Waals surface area contributed by atoms with E-state index in [0.29, 0.717) is 5.69 Å². The standard InChI is InChI=1S/C11H10N2O2/c1-11(14-7-8-15-11)9-3-2-6-13-10(9)4-5-12/h2-3,6-8H,4H2,1H3. The van der Waals surface area contributed by atoms with E-state index in [1.807, 2.05) is 6.07 Å². The maximum absolute atomic E-state index is 8.68. The predicted molar refractivity (Wildman–Crippen MR) is 52.2 cm³/mol. The molecular formula is C11H10N2O2. The van der Waals surface area contributed by atoms with Crippen molar-refractivity contribution in [3.63, 3.8) is 0 Å². The van der Waals surface area contributed by atoms with Gasteiger partial charge < -0.3 is 9.47 Å². The molecule has 0 N–H and O–H groups in total. The van der Waals surface area contributed by atoms with Crippen molar-refractivity contribution in [1.82, 2.24) is 4.98 Å². The summed E-state index contributed by atoms with van der Waals surface area (Å²) in [6.45, 7) is 1.80. The van der Waals surface area contributed by atoms with Crippen molar-refractivity contribution in [2.75, 3.05) is 0 Å². The van der Waals surface area contributed by atoms with Gasteiger partial charge in [-0.05, 0) is 12.1 Å². The zero-order valence-electron chi connectivity index (χ0n) is 8.30. The van der Waals surface area contributed by atoms with E-state index in [2.05, 4.69) is 11.1 Å². The van der Waals surface area contributed by atoms with Gasteiger partial charge in [0.25, 0.3) is 5.79 Å². The maximum atomic E-state index is 8.68. The molecule has 0 saturated heterocycles. The van der Waals surface area contributed by atoms with E-state index >= 15 is 0 Å². The molecule has 0 spiro atoms. The van der Waals surface area contributed by atoms with Crippen molar-refractivity contribution in [3.05, 3.63) is 42.1 Å². The Morgan fingerprint density at radius 3 is 2.87 bits per heavy atom. The topological polar surface area (TPSA) is 55.1 Å². The van der Waals surface area contributed by atoms with E-state index < -0.39 is 5.79 Å². The van der Waals surface area contributed by atoms with Crippen LogP contribution in [-0.4, -0.2) is 4.98 Å². The monoisotopic (exact) mass is 202 g/mol. The SMILES string of the molecule is CC1(c2cccnc2CC#N)OC=CO1. The summed E-state index contributed by atoms with van der Waals surface area (Å²) in [4.78, 5) is 4.15. The Balaban J connectivity index is 2.39. The van der Waals surface area contributed by atoms with Crippen LogP contribution in [0.4, 0.5) is 0 Å². The highest BCUT2D eigenvalue weighted by molar-refractivity contribution is 5.27. The minimum atomic E-state index is -0.847. The lowest BCUT2D eigenvalue weighted by Crippen LogP contribution is -2.24. The van der Waals surface area contributed by atoms with Crippen LogP contribution in [0.2, 0.25) is 0 Å². The van der Waals surface area contributed by atoms with Gasteiger partial charge in [0.15, 0.2) is 0 Å². The quantitative estimate of drug-likeness (QED) is 0.734. The van der Waals surface area contributed by atoms with Crippen LogP contribution in [0, 0.1) is 11.3 Å². The Labute approximate surface area is 87.8 Å². The van der Waals surface area contributed by atoms with Crippen molar-refractivity contribution in [1.29, 1.82) is 5.26 Å². The Morgan fingerprint density at radius 2 is 2.20 bits per heavy atom. The molecule has 1 aliphatic rings. The Morgan fingerprint density at radius 1 is 1.47 bits per heavy atom. The van der Waals surface area contributed by atoms with Gasteiger partial charge in [-0.25, -0.2) is 0 Å². The zero-order valence-corrected chi connectivity index (χ0v) is 8.30. The molecule has 4 heteroatoms. The number of hydrogen-bond acceptors (Lipinski definition) is 4. The first-order valence-electron chi connectivity index (χ1n) is 4.58. The molecule has 76 valence electrons. The number of hydrogen-bond donors (Lipinski definition) is 0. The van der Waals surface area contributed by atoms with E-state index in [1.54, 1.807) is 19.2 Å². The lowest BCUT2D eigenvalue weighted by molar-refractivity contribution is -0.133. The summed E-state index contributed by atoms with van der Waals surface area (Å²) in [5.74, 6) is -0.847. The summed E-state index contributed by atoms with van der Waals surface area (Å²) in [6, 6.07) is 5.72. The second-order valence-electron chi connectivity index (χ2n) is 3.29. The molecule has 0 aliphatic carbocycles. The molecule has 0 aromatic carbocycles. The van der Waals surface area contributed by atoms with E-state index in [9.17, 15) is 0 Å². The Kier molecular flexibility index (Phi) is 2.30. The molecule has 1 aromatic heterocycles. The molecule has 2 heterocycles. The average molecular weight is 202 g/mol. The summed E-state index contributed by atoms with van der Waals surface area (Å²) in [6.07, 6.45) is 4.88.